The van der Waals surface area contributed by atoms with Crippen molar-refractivity contribution in [2.45, 2.75) is 13.3 Å². The van der Waals surface area contributed by atoms with E-state index < -0.39 is 11.6 Å². The molecule has 0 aliphatic heterocycles. The largest absolute Gasteiger partial charge is 0.296 e. The maximum Gasteiger partial charge on any atom is 0.128 e. The topological polar surface area (TPSA) is 17.8 Å². The number of rotatable bonds is 3. The van der Waals surface area contributed by atoms with Gasteiger partial charge in [-0.25, -0.2) is 13.8 Å². The van der Waals surface area contributed by atoms with E-state index in [0.717, 1.165) is 22.7 Å². The first kappa shape index (κ1) is 14.0. The molecule has 0 saturated carbocycles. The van der Waals surface area contributed by atoms with E-state index in [4.69, 9.17) is 11.6 Å². The lowest BCUT2D eigenvalue weighted by atomic mass is 10.2. The zero-order valence-electron chi connectivity index (χ0n) is 11.4. The van der Waals surface area contributed by atoms with E-state index in [1.807, 2.05) is 25.1 Å². The summed E-state index contributed by atoms with van der Waals surface area (Å²) in [6.45, 7) is 1.96. The van der Waals surface area contributed by atoms with Crippen molar-refractivity contribution < 1.29 is 8.78 Å². The van der Waals surface area contributed by atoms with E-state index in [-0.39, 0.29) is 0 Å². The summed E-state index contributed by atoms with van der Waals surface area (Å²) in [5.41, 5.74) is 3.07. The van der Waals surface area contributed by atoms with Crippen molar-refractivity contribution in [2.75, 3.05) is 5.88 Å². The van der Waals surface area contributed by atoms with Gasteiger partial charge in [0.05, 0.1) is 16.7 Å². The molecule has 0 aliphatic rings. The van der Waals surface area contributed by atoms with Crippen LogP contribution in [0.5, 0.6) is 0 Å². The Bertz CT molecular complexity index is 791. The molecule has 0 spiro atoms. The Hall–Kier alpha value is -1.94. The van der Waals surface area contributed by atoms with Gasteiger partial charge in [-0.3, -0.25) is 4.57 Å². The van der Waals surface area contributed by atoms with Crippen molar-refractivity contribution in [3.63, 3.8) is 0 Å². The van der Waals surface area contributed by atoms with Crippen LogP contribution >= 0.6 is 11.6 Å². The van der Waals surface area contributed by atoms with Gasteiger partial charge in [0, 0.05) is 18.4 Å². The van der Waals surface area contributed by atoms with Gasteiger partial charge in [-0.1, -0.05) is 6.07 Å². The second kappa shape index (κ2) is 5.45. The number of alkyl halides is 1. The fourth-order valence-corrected chi connectivity index (χ4v) is 2.61. The summed E-state index contributed by atoms with van der Waals surface area (Å²) >= 11 is 5.82. The number of nitrogens with zero attached hydrogens (tertiary/aromatic N) is 2. The van der Waals surface area contributed by atoms with Crippen molar-refractivity contribution in [1.29, 1.82) is 0 Å². The molecular weight excluding hydrogens is 294 g/mol. The van der Waals surface area contributed by atoms with Crippen LogP contribution in [0.15, 0.2) is 36.4 Å². The molecule has 0 saturated heterocycles. The van der Waals surface area contributed by atoms with Crippen molar-refractivity contribution in [1.82, 2.24) is 9.55 Å². The summed E-state index contributed by atoms with van der Waals surface area (Å²) in [7, 11) is 0. The number of hydrogen-bond donors (Lipinski definition) is 0. The molecule has 0 atom stereocenters. The van der Waals surface area contributed by atoms with Crippen molar-refractivity contribution in [3.8, 4) is 5.69 Å². The molecule has 21 heavy (non-hydrogen) atoms. The maximum absolute atomic E-state index is 13.5. The number of aromatic nitrogens is 2. The summed E-state index contributed by atoms with van der Waals surface area (Å²) in [6.07, 6.45) is 0.521. The summed E-state index contributed by atoms with van der Waals surface area (Å²) in [5.74, 6) is -0.150. The van der Waals surface area contributed by atoms with E-state index in [1.54, 1.807) is 4.57 Å². The first-order valence-electron chi connectivity index (χ1n) is 6.59. The lowest BCUT2D eigenvalue weighted by molar-refractivity contribution is 0.581. The summed E-state index contributed by atoms with van der Waals surface area (Å²) in [6, 6.07) is 9.25. The summed E-state index contributed by atoms with van der Waals surface area (Å²) in [4.78, 5) is 4.51. The quantitative estimate of drug-likeness (QED) is 0.656. The van der Waals surface area contributed by atoms with Crippen LogP contribution in [0.25, 0.3) is 16.7 Å². The van der Waals surface area contributed by atoms with E-state index >= 15 is 0 Å². The monoisotopic (exact) mass is 306 g/mol. The Morgan fingerprint density at radius 3 is 2.48 bits per heavy atom. The fourth-order valence-electron chi connectivity index (χ4n) is 2.44. The Balaban J connectivity index is 2.32. The third kappa shape index (κ3) is 2.63. The first-order valence-corrected chi connectivity index (χ1v) is 7.12. The zero-order valence-corrected chi connectivity index (χ0v) is 12.2. The van der Waals surface area contributed by atoms with Gasteiger partial charge < -0.3 is 0 Å². The molecule has 0 unspecified atom stereocenters. The van der Waals surface area contributed by atoms with E-state index in [0.29, 0.717) is 23.8 Å². The van der Waals surface area contributed by atoms with Crippen molar-refractivity contribution in [2.24, 2.45) is 0 Å². The molecule has 5 heteroatoms. The number of aryl methyl sites for hydroxylation is 2. The van der Waals surface area contributed by atoms with Gasteiger partial charge in [0.25, 0.3) is 0 Å². The minimum Gasteiger partial charge on any atom is -0.296 e. The second-order valence-electron chi connectivity index (χ2n) is 4.92. The highest BCUT2D eigenvalue weighted by Gasteiger charge is 2.13. The van der Waals surface area contributed by atoms with E-state index in [1.165, 1.54) is 12.1 Å². The number of halogens is 3. The van der Waals surface area contributed by atoms with Gasteiger partial charge in [0.2, 0.25) is 0 Å². The molecule has 0 amide bonds. The average Bonchev–Trinajstić information content (AvgIpc) is 2.75. The van der Waals surface area contributed by atoms with Crippen LogP contribution in [0, 0.1) is 18.6 Å². The minimum atomic E-state index is -0.615. The highest BCUT2D eigenvalue weighted by Crippen LogP contribution is 2.24. The van der Waals surface area contributed by atoms with Crippen LogP contribution in [0.2, 0.25) is 0 Å². The van der Waals surface area contributed by atoms with Crippen LogP contribution in [0.4, 0.5) is 8.78 Å². The smallest absolute Gasteiger partial charge is 0.128 e. The van der Waals surface area contributed by atoms with Crippen LogP contribution in [0.1, 0.15) is 11.4 Å². The Morgan fingerprint density at radius 1 is 1.10 bits per heavy atom. The van der Waals surface area contributed by atoms with E-state index in [2.05, 4.69) is 4.98 Å². The molecule has 0 radical (unpaired) electrons. The highest BCUT2D eigenvalue weighted by molar-refractivity contribution is 6.17. The average molecular weight is 307 g/mol. The Labute approximate surface area is 126 Å². The fraction of sp³-hybridized carbons (Fsp3) is 0.188. The molecular formula is C16H13ClF2N2. The molecule has 3 rings (SSSR count). The standard InChI is InChI=1S/C16H13ClF2N2/c1-10-2-3-14-15(6-10)21(16(20-14)4-5-17)13-8-11(18)7-12(19)9-13/h2-3,6-9H,4-5H2,1H3. The molecule has 1 aromatic heterocycles. The van der Waals surface area contributed by atoms with Crippen molar-refractivity contribution >= 4 is 22.6 Å². The molecule has 1 heterocycles. The molecule has 108 valence electrons. The normalized spacial score (nSPS) is 11.2. The lowest BCUT2D eigenvalue weighted by Crippen LogP contribution is -2.03. The number of imidazole rings is 1. The van der Waals surface area contributed by atoms with Crippen molar-refractivity contribution in [3.05, 3.63) is 59.4 Å². The Kier molecular flexibility index (Phi) is 3.64. The third-order valence-corrected chi connectivity index (χ3v) is 3.49. The molecule has 3 aromatic rings. The molecule has 0 fully saturated rings. The second-order valence-corrected chi connectivity index (χ2v) is 5.30. The van der Waals surface area contributed by atoms with Crippen LogP contribution < -0.4 is 0 Å². The summed E-state index contributed by atoms with van der Waals surface area (Å²) in [5, 5.41) is 0. The van der Waals surface area contributed by atoms with Gasteiger partial charge in [-0.2, -0.15) is 0 Å². The van der Waals surface area contributed by atoms with Gasteiger partial charge in [-0.15, -0.1) is 11.6 Å². The molecule has 2 aromatic carbocycles. The minimum absolute atomic E-state index is 0.389. The van der Waals surface area contributed by atoms with Gasteiger partial charge in [-0.05, 0) is 36.8 Å². The zero-order chi connectivity index (χ0) is 15.0. The van der Waals surface area contributed by atoms with Gasteiger partial charge in [0.1, 0.15) is 17.5 Å². The van der Waals surface area contributed by atoms with Crippen LogP contribution in [-0.2, 0) is 6.42 Å². The summed E-state index contributed by atoms with van der Waals surface area (Å²) < 4.78 is 28.8. The predicted molar refractivity (Wildman–Crippen MR) is 80.1 cm³/mol. The number of hydrogen-bond acceptors (Lipinski definition) is 1. The van der Waals surface area contributed by atoms with Gasteiger partial charge in [0.15, 0.2) is 0 Å². The molecule has 0 bridgehead atoms. The van der Waals surface area contributed by atoms with Gasteiger partial charge >= 0.3 is 0 Å². The SMILES string of the molecule is Cc1ccc2nc(CCCl)n(-c3cc(F)cc(F)c3)c2c1. The van der Waals surface area contributed by atoms with Crippen LogP contribution in [0.3, 0.4) is 0 Å². The molecule has 0 N–H and O–H groups in total. The lowest BCUT2D eigenvalue weighted by Gasteiger charge is -2.09. The molecule has 0 aliphatic carbocycles. The Morgan fingerprint density at radius 2 is 1.81 bits per heavy atom. The van der Waals surface area contributed by atoms with Crippen LogP contribution in [-0.4, -0.2) is 15.4 Å². The highest BCUT2D eigenvalue weighted by atomic mass is 35.5. The van der Waals surface area contributed by atoms with E-state index in [9.17, 15) is 8.78 Å². The number of benzene rings is 2. The third-order valence-electron chi connectivity index (χ3n) is 3.30. The molecule has 2 nitrogen and oxygen atoms in total. The predicted octanol–water partition coefficient (Wildman–Crippen LogP) is 4.39. The maximum atomic E-state index is 13.5. The first-order chi connectivity index (χ1) is 10.1. The number of fused-ring (bicyclic) bond motifs is 1.